The van der Waals surface area contributed by atoms with Crippen LogP contribution in [0.3, 0.4) is 0 Å². The highest BCUT2D eigenvalue weighted by atomic mass is 79.9. The van der Waals surface area contributed by atoms with Gasteiger partial charge in [0.05, 0.1) is 6.10 Å². The monoisotopic (exact) mass is 330 g/mol. The largest absolute Gasteiger partial charge is 0.388 e. The van der Waals surface area contributed by atoms with Crippen LogP contribution in [-0.4, -0.2) is 5.11 Å². The number of rotatable bonds is 3. The summed E-state index contributed by atoms with van der Waals surface area (Å²) in [6, 6.07) is 12.7. The lowest BCUT2D eigenvalue weighted by Gasteiger charge is -2.13. The van der Waals surface area contributed by atoms with E-state index >= 15 is 0 Å². The maximum absolute atomic E-state index is 10.4. The molecule has 0 saturated heterocycles. The molecule has 1 atom stereocenters. The SMILES string of the molecule is Cc1cc(C(O)Cc2ccc3c(c2)CCC3)ccc1Br. The fraction of sp³-hybridized carbons (Fsp3) is 0.333. The molecular weight excluding hydrogens is 312 g/mol. The number of halogens is 1. The van der Waals surface area contributed by atoms with Gasteiger partial charge in [-0.3, -0.25) is 0 Å². The molecule has 1 nitrogen and oxygen atoms in total. The van der Waals surface area contributed by atoms with Crippen LogP contribution in [0.5, 0.6) is 0 Å². The van der Waals surface area contributed by atoms with Crippen molar-refractivity contribution in [1.29, 1.82) is 0 Å². The van der Waals surface area contributed by atoms with Crippen LogP contribution in [0.15, 0.2) is 40.9 Å². The normalized spacial score (nSPS) is 15.2. The lowest BCUT2D eigenvalue weighted by molar-refractivity contribution is 0.178. The van der Waals surface area contributed by atoms with Crippen LogP contribution in [0.4, 0.5) is 0 Å². The van der Waals surface area contributed by atoms with E-state index in [1.54, 1.807) is 0 Å². The molecule has 0 fully saturated rings. The molecule has 0 bridgehead atoms. The lowest BCUT2D eigenvalue weighted by Crippen LogP contribution is -2.03. The van der Waals surface area contributed by atoms with Crippen molar-refractivity contribution in [3.63, 3.8) is 0 Å². The molecule has 1 aliphatic rings. The van der Waals surface area contributed by atoms with Crippen LogP contribution in [0.1, 0.15) is 40.3 Å². The van der Waals surface area contributed by atoms with Gasteiger partial charge in [-0.25, -0.2) is 0 Å². The first-order chi connectivity index (χ1) is 9.63. The summed E-state index contributed by atoms with van der Waals surface area (Å²) in [5.74, 6) is 0. The van der Waals surface area contributed by atoms with Gasteiger partial charge in [0.25, 0.3) is 0 Å². The maximum Gasteiger partial charge on any atom is 0.0830 e. The van der Waals surface area contributed by atoms with Crippen LogP contribution in [0, 0.1) is 6.92 Å². The third-order valence-electron chi connectivity index (χ3n) is 4.16. The molecule has 0 amide bonds. The summed E-state index contributed by atoms with van der Waals surface area (Å²) in [6.07, 6.45) is 3.93. The molecule has 3 rings (SSSR count). The molecule has 2 aromatic rings. The molecule has 0 aliphatic heterocycles. The maximum atomic E-state index is 10.4. The molecule has 2 aromatic carbocycles. The Morgan fingerprint density at radius 1 is 1.10 bits per heavy atom. The Labute approximate surface area is 128 Å². The molecular formula is C18H19BrO. The highest BCUT2D eigenvalue weighted by Gasteiger charge is 2.14. The van der Waals surface area contributed by atoms with Gasteiger partial charge in [0.2, 0.25) is 0 Å². The molecule has 104 valence electrons. The van der Waals surface area contributed by atoms with E-state index in [1.165, 1.54) is 36.0 Å². The van der Waals surface area contributed by atoms with Crippen molar-refractivity contribution in [1.82, 2.24) is 0 Å². The van der Waals surface area contributed by atoms with Crippen molar-refractivity contribution in [2.24, 2.45) is 0 Å². The molecule has 1 N–H and O–H groups in total. The van der Waals surface area contributed by atoms with Gasteiger partial charge in [-0.15, -0.1) is 0 Å². The smallest absolute Gasteiger partial charge is 0.0830 e. The summed E-state index contributed by atoms with van der Waals surface area (Å²) in [5, 5.41) is 10.4. The summed E-state index contributed by atoms with van der Waals surface area (Å²) in [7, 11) is 0. The predicted octanol–water partition coefficient (Wildman–Crippen LogP) is 4.52. The van der Waals surface area contributed by atoms with E-state index in [1.807, 2.05) is 12.1 Å². The number of benzene rings is 2. The second kappa shape index (κ2) is 5.71. The molecule has 20 heavy (non-hydrogen) atoms. The van der Waals surface area contributed by atoms with Crippen molar-refractivity contribution in [2.45, 2.75) is 38.7 Å². The zero-order valence-corrected chi connectivity index (χ0v) is 13.3. The fourth-order valence-corrected chi connectivity index (χ4v) is 3.22. The summed E-state index contributed by atoms with van der Waals surface area (Å²) in [6.45, 7) is 2.05. The van der Waals surface area contributed by atoms with Crippen LogP contribution in [0.2, 0.25) is 0 Å². The second-order valence-corrected chi connectivity index (χ2v) is 6.54. The standard InChI is InChI=1S/C18H19BrO/c1-12-9-16(7-8-17(12)19)18(20)11-13-5-6-14-3-2-4-15(14)10-13/h5-10,18,20H,2-4,11H2,1H3. The lowest BCUT2D eigenvalue weighted by atomic mass is 9.98. The predicted molar refractivity (Wildman–Crippen MR) is 86.0 cm³/mol. The van der Waals surface area contributed by atoms with E-state index in [9.17, 15) is 5.11 Å². The summed E-state index contributed by atoms with van der Waals surface area (Å²) < 4.78 is 1.09. The third-order valence-corrected chi connectivity index (χ3v) is 5.05. The Balaban J connectivity index is 1.78. The van der Waals surface area contributed by atoms with Gasteiger partial charge in [-0.1, -0.05) is 46.3 Å². The zero-order chi connectivity index (χ0) is 14.1. The highest BCUT2D eigenvalue weighted by Crippen LogP contribution is 2.27. The Morgan fingerprint density at radius 2 is 1.90 bits per heavy atom. The summed E-state index contributed by atoms with van der Waals surface area (Å²) in [4.78, 5) is 0. The van der Waals surface area contributed by atoms with Gasteiger partial charge >= 0.3 is 0 Å². The Kier molecular flexibility index (Phi) is 3.95. The second-order valence-electron chi connectivity index (χ2n) is 5.69. The number of fused-ring (bicyclic) bond motifs is 1. The molecule has 0 aromatic heterocycles. The third kappa shape index (κ3) is 2.82. The van der Waals surface area contributed by atoms with E-state index in [2.05, 4.69) is 47.1 Å². The van der Waals surface area contributed by atoms with Crippen molar-refractivity contribution < 1.29 is 5.11 Å². The number of aryl methyl sites for hydroxylation is 3. The molecule has 2 heteroatoms. The average Bonchev–Trinajstić information content (AvgIpc) is 2.89. The van der Waals surface area contributed by atoms with Gasteiger partial charge in [0, 0.05) is 10.9 Å². The number of aliphatic hydroxyl groups excluding tert-OH is 1. The van der Waals surface area contributed by atoms with Crippen molar-refractivity contribution in [2.75, 3.05) is 0 Å². The van der Waals surface area contributed by atoms with E-state index in [-0.39, 0.29) is 0 Å². The van der Waals surface area contributed by atoms with E-state index in [0.29, 0.717) is 6.42 Å². The van der Waals surface area contributed by atoms with Crippen molar-refractivity contribution in [3.05, 3.63) is 68.7 Å². The van der Waals surface area contributed by atoms with Crippen LogP contribution in [0.25, 0.3) is 0 Å². The molecule has 0 radical (unpaired) electrons. The Morgan fingerprint density at radius 3 is 2.70 bits per heavy atom. The van der Waals surface area contributed by atoms with Gasteiger partial charge in [-0.2, -0.15) is 0 Å². The number of aliphatic hydroxyl groups is 1. The molecule has 1 unspecified atom stereocenters. The first-order valence-corrected chi connectivity index (χ1v) is 7.97. The van der Waals surface area contributed by atoms with Crippen LogP contribution < -0.4 is 0 Å². The zero-order valence-electron chi connectivity index (χ0n) is 11.7. The number of hydrogen-bond acceptors (Lipinski definition) is 1. The summed E-state index contributed by atoms with van der Waals surface area (Å²) >= 11 is 3.50. The van der Waals surface area contributed by atoms with E-state index in [0.717, 1.165) is 15.6 Å². The Hall–Kier alpha value is -1.12. The van der Waals surface area contributed by atoms with Gasteiger partial charge in [0.1, 0.15) is 0 Å². The topological polar surface area (TPSA) is 20.2 Å². The quantitative estimate of drug-likeness (QED) is 0.877. The molecule has 1 aliphatic carbocycles. The van der Waals surface area contributed by atoms with E-state index < -0.39 is 6.10 Å². The van der Waals surface area contributed by atoms with E-state index in [4.69, 9.17) is 0 Å². The van der Waals surface area contributed by atoms with Gasteiger partial charge in [0.15, 0.2) is 0 Å². The van der Waals surface area contributed by atoms with Crippen LogP contribution in [-0.2, 0) is 19.3 Å². The minimum Gasteiger partial charge on any atom is -0.388 e. The Bertz CT molecular complexity index is 633. The molecule has 0 spiro atoms. The van der Waals surface area contributed by atoms with Crippen molar-refractivity contribution in [3.8, 4) is 0 Å². The fourth-order valence-electron chi connectivity index (χ4n) is 2.97. The minimum absolute atomic E-state index is 0.429. The average molecular weight is 331 g/mol. The van der Waals surface area contributed by atoms with Gasteiger partial charge in [-0.05, 0) is 60.1 Å². The van der Waals surface area contributed by atoms with Gasteiger partial charge < -0.3 is 5.11 Å². The molecule has 0 saturated carbocycles. The highest BCUT2D eigenvalue weighted by molar-refractivity contribution is 9.10. The summed E-state index contributed by atoms with van der Waals surface area (Å²) in [5.41, 5.74) is 6.35. The van der Waals surface area contributed by atoms with Crippen LogP contribution >= 0.6 is 15.9 Å². The van der Waals surface area contributed by atoms with Crippen molar-refractivity contribution >= 4 is 15.9 Å². The first kappa shape index (κ1) is 13.8. The minimum atomic E-state index is -0.429. The molecule has 0 heterocycles. The first-order valence-electron chi connectivity index (χ1n) is 7.18. The number of hydrogen-bond donors (Lipinski definition) is 1.